The van der Waals surface area contributed by atoms with Crippen LogP contribution in [0.3, 0.4) is 0 Å². The van der Waals surface area contributed by atoms with Crippen molar-refractivity contribution in [3.05, 3.63) is 22.4 Å². The number of carbonyl (C=O) groups is 2. The molecule has 6 heteroatoms. The second-order valence-electron chi connectivity index (χ2n) is 4.65. The molecule has 0 aliphatic carbocycles. The second-order valence-corrected chi connectivity index (χ2v) is 5.68. The normalized spacial score (nSPS) is 21.1. The zero-order valence-corrected chi connectivity index (χ0v) is 11.6. The van der Waals surface area contributed by atoms with Gasteiger partial charge in [-0.1, -0.05) is 13.0 Å². The molecular formula is C13H17NO4S. The summed E-state index contributed by atoms with van der Waals surface area (Å²) in [6, 6.07) is 3.08. The van der Waals surface area contributed by atoms with Gasteiger partial charge in [-0.15, -0.1) is 11.3 Å². The molecule has 1 aliphatic rings. The molecule has 1 aliphatic heterocycles. The molecule has 1 aromatic heterocycles. The zero-order valence-electron chi connectivity index (χ0n) is 10.7. The summed E-state index contributed by atoms with van der Waals surface area (Å²) in [4.78, 5) is 26.1. The fraction of sp³-hybridized carbons (Fsp3) is 0.538. The van der Waals surface area contributed by atoms with Crippen molar-refractivity contribution < 1.29 is 19.4 Å². The Morgan fingerprint density at radius 1 is 1.63 bits per heavy atom. The summed E-state index contributed by atoms with van der Waals surface area (Å²) in [6.45, 7) is 2.68. The Bertz CT molecular complexity index is 446. The highest BCUT2D eigenvalue weighted by Crippen LogP contribution is 2.18. The maximum absolute atomic E-state index is 12.4. The smallest absolute Gasteiger partial charge is 0.328 e. The quantitative estimate of drug-likeness (QED) is 0.903. The topological polar surface area (TPSA) is 66.8 Å². The summed E-state index contributed by atoms with van der Waals surface area (Å²) in [6.07, 6.45) is 0.653. The van der Waals surface area contributed by atoms with Crippen LogP contribution in [0.25, 0.3) is 0 Å². The molecule has 2 rings (SSSR count). The fourth-order valence-corrected chi connectivity index (χ4v) is 3.01. The van der Waals surface area contributed by atoms with Crippen LogP contribution < -0.4 is 0 Å². The summed E-state index contributed by atoms with van der Waals surface area (Å²) in [7, 11) is 0. The monoisotopic (exact) mass is 283 g/mol. The average Bonchev–Trinajstić information content (AvgIpc) is 2.90. The second kappa shape index (κ2) is 6.16. The third-order valence-electron chi connectivity index (χ3n) is 3.21. The molecule has 2 heterocycles. The molecule has 0 radical (unpaired) electrons. The van der Waals surface area contributed by atoms with Crippen LogP contribution in [0.2, 0.25) is 0 Å². The van der Waals surface area contributed by atoms with Gasteiger partial charge in [0.05, 0.1) is 13.2 Å². The molecule has 0 unspecified atom stereocenters. The number of hydrogen-bond donors (Lipinski definition) is 1. The van der Waals surface area contributed by atoms with Gasteiger partial charge in [0.1, 0.15) is 0 Å². The van der Waals surface area contributed by atoms with Crippen molar-refractivity contribution in [3.63, 3.8) is 0 Å². The first-order chi connectivity index (χ1) is 9.09. The van der Waals surface area contributed by atoms with Gasteiger partial charge in [-0.2, -0.15) is 0 Å². The standard InChI is InChI=1S/C13H17NO4S/c1-9(7-10-3-2-6-19-10)12(15)14-4-5-18-8-11(14)13(16)17/h2-3,6,9,11H,4-5,7-8H2,1H3,(H,16,17)/t9-,11+/m0/s1. The molecule has 2 atom stereocenters. The molecule has 19 heavy (non-hydrogen) atoms. The van der Waals surface area contributed by atoms with E-state index in [2.05, 4.69) is 0 Å². The predicted molar refractivity (Wildman–Crippen MR) is 71.1 cm³/mol. The highest BCUT2D eigenvalue weighted by atomic mass is 32.1. The van der Waals surface area contributed by atoms with E-state index in [0.717, 1.165) is 4.88 Å². The van der Waals surface area contributed by atoms with E-state index in [1.807, 2.05) is 24.4 Å². The van der Waals surface area contributed by atoms with Crippen LogP contribution in [0.15, 0.2) is 17.5 Å². The predicted octanol–water partition coefficient (Wildman–Crippen LogP) is 1.24. The zero-order chi connectivity index (χ0) is 13.8. The van der Waals surface area contributed by atoms with Gasteiger partial charge in [0, 0.05) is 17.3 Å². The summed E-state index contributed by atoms with van der Waals surface area (Å²) < 4.78 is 5.14. The molecule has 104 valence electrons. The Balaban J connectivity index is 2.02. The maximum atomic E-state index is 12.4. The lowest BCUT2D eigenvalue weighted by molar-refractivity contribution is -0.160. The minimum absolute atomic E-state index is 0.0762. The lowest BCUT2D eigenvalue weighted by Crippen LogP contribution is -2.54. The molecule has 0 saturated carbocycles. The third-order valence-corrected chi connectivity index (χ3v) is 4.10. The van der Waals surface area contributed by atoms with Crippen LogP contribution in [-0.2, 0) is 20.7 Å². The number of ether oxygens (including phenoxy) is 1. The summed E-state index contributed by atoms with van der Waals surface area (Å²) in [5.74, 6) is -1.32. The third kappa shape index (κ3) is 3.33. The van der Waals surface area contributed by atoms with Gasteiger partial charge in [-0.3, -0.25) is 4.79 Å². The van der Waals surface area contributed by atoms with Crippen molar-refractivity contribution in [1.82, 2.24) is 4.90 Å². The summed E-state index contributed by atoms with van der Waals surface area (Å²) >= 11 is 1.61. The number of morpholine rings is 1. The molecule has 0 spiro atoms. The van der Waals surface area contributed by atoms with Crippen molar-refractivity contribution in [2.45, 2.75) is 19.4 Å². The van der Waals surface area contributed by atoms with Crippen molar-refractivity contribution in [2.24, 2.45) is 5.92 Å². The number of carbonyl (C=O) groups excluding carboxylic acids is 1. The fourth-order valence-electron chi connectivity index (χ4n) is 2.17. The lowest BCUT2D eigenvalue weighted by atomic mass is 10.0. The van der Waals surface area contributed by atoms with Crippen molar-refractivity contribution in [3.8, 4) is 0 Å². The molecule has 1 fully saturated rings. The molecule has 0 aromatic carbocycles. The average molecular weight is 283 g/mol. The molecule has 5 nitrogen and oxygen atoms in total. The van der Waals surface area contributed by atoms with Crippen LogP contribution in [0.4, 0.5) is 0 Å². The van der Waals surface area contributed by atoms with Crippen LogP contribution >= 0.6 is 11.3 Å². The van der Waals surface area contributed by atoms with Crippen LogP contribution in [0.1, 0.15) is 11.8 Å². The molecule has 1 aromatic rings. The number of hydrogen-bond acceptors (Lipinski definition) is 4. The number of aliphatic carboxylic acids is 1. The van der Waals surface area contributed by atoms with Crippen LogP contribution in [0, 0.1) is 5.92 Å². The number of carboxylic acids is 1. The Hall–Kier alpha value is -1.40. The van der Waals surface area contributed by atoms with E-state index in [4.69, 9.17) is 9.84 Å². The van der Waals surface area contributed by atoms with Crippen molar-refractivity contribution >= 4 is 23.2 Å². The van der Waals surface area contributed by atoms with Gasteiger partial charge in [0.25, 0.3) is 0 Å². The van der Waals surface area contributed by atoms with Gasteiger partial charge < -0.3 is 14.7 Å². The van der Waals surface area contributed by atoms with Gasteiger partial charge in [-0.05, 0) is 17.9 Å². The van der Waals surface area contributed by atoms with Gasteiger partial charge in [-0.25, -0.2) is 4.79 Å². The molecule has 1 N–H and O–H groups in total. The van der Waals surface area contributed by atoms with Crippen LogP contribution in [-0.4, -0.2) is 47.7 Å². The first kappa shape index (κ1) is 14.0. The van der Waals surface area contributed by atoms with E-state index >= 15 is 0 Å². The lowest BCUT2D eigenvalue weighted by Gasteiger charge is -2.34. The number of nitrogens with zero attached hydrogens (tertiary/aromatic N) is 1. The SMILES string of the molecule is C[C@@H](Cc1cccs1)C(=O)N1CCOC[C@@H]1C(=O)O. The Morgan fingerprint density at radius 3 is 3.05 bits per heavy atom. The summed E-state index contributed by atoms with van der Waals surface area (Å²) in [5, 5.41) is 11.1. The van der Waals surface area contributed by atoms with E-state index < -0.39 is 12.0 Å². The van der Waals surface area contributed by atoms with Crippen molar-refractivity contribution in [2.75, 3.05) is 19.8 Å². The van der Waals surface area contributed by atoms with Gasteiger partial charge in [0.15, 0.2) is 6.04 Å². The van der Waals surface area contributed by atoms with Crippen LogP contribution in [0.5, 0.6) is 0 Å². The largest absolute Gasteiger partial charge is 0.480 e. The molecular weight excluding hydrogens is 266 g/mol. The minimum Gasteiger partial charge on any atom is -0.480 e. The summed E-state index contributed by atoms with van der Waals surface area (Å²) in [5.41, 5.74) is 0. The maximum Gasteiger partial charge on any atom is 0.328 e. The van der Waals surface area contributed by atoms with E-state index in [1.54, 1.807) is 11.3 Å². The molecule has 0 bridgehead atoms. The van der Waals surface area contributed by atoms with Crippen molar-refractivity contribution in [1.29, 1.82) is 0 Å². The van der Waals surface area contributed by atoms with Gasteiger partial charge >= 0.3 is 5.97 Å². The number of amides is 1. The number of rotatable bonds is 4. The Morgan fingerprint density at radius 2 is 2.42 bits per heavy atom. The first-order valence-corrected chi connectivity index (χ1v) is 7.11. The number of thiophene rings is 1. The van der Waals surface area contributed by atoms with E-state index in [0.29, 0.717) is 19.6 Å². The van der Waals surface area contributed by atoms with E-state index in [-0.39, 0.29) is 18.4 Å². The molecule has 1 amide bonds. The first-order valence-electron chi connectivity index (χ1n) is 6.23. The Kier molecular flexibility index (Phi) is 4.55. The van der Waals surface area contributed by atoms with Gasteiger partial charge in [0.2, 0.25) is 5.91 Å². The Labute approximate surface area is 115 Å². The molecule has 1 saturated heterocycles. The minimum atomic E-state index is -1.00. The van der Waals surface area contributed by atoms with E-state index in [9.17, 15) is 9.59 Å². The highest BCUT2D eigenvalue weighted by molar-refractivity contribution is 7.09. The van der Waals surface area contributed by atoms with E-state index in [1.165, 1.54) is 4.90 Å². The number of carboxylic acid groups (broad SMARTS) is 1. The highest BCUT2D eigenvalue weighted by Gasteiger charge is 2.34.